The largest absolute Gasteiger partial charge is 0.322 e. The number of nitriles is 1. The van der Waals surface area contributed by atoms with E-state index < -0.39 is 0 Å². The van der Waals surface area contributed by atoms with E-state index in [2.05, 4.69) is 30.3 Å². The van der Waals surface area contributed by atoms with Gasteiger partial charge in [-0.1, -0.05) is 26.0 Å². The summed E-state index contributed by atoms with van der Waals surface area (Å²) in [5, 5.41) is 16.9. The molecular formula is C21H23N5O. The summed E-state index contributed by atoms with van der Waals surface area (Å²) < 4.78 is 1.84. The fourth-order valence-electron chi connectivity index (χ4n) is 2.89. The van der Waals surface area contributed by atoms with Crippen LogP contribution >= 0.6 is 0 Å². The van der Waals surface area contributed by atoms with Crippen molar-refractivity contribution in [2.24, 2.45) is 0 Å². The van der Waals surface area contributed by atoms with E-state index in [1.165, 1.54) is 0 Å². The van der Waals surface area contributed by atoms with Crippen LogP contribution in [0.5, 0.6) is 0 Å². The molecule has 2 heterocycles. The molecule has 0 saturated heterocycles. The van der Waals surface area contributed by atoms with Gasteiger partial charge in [0.1, 0.15) is 0 Å². The maximum absolute atomic E-state index is 13.0. The van der Waals surface area contributed by atoms with Crippen molar-refractivity contribution in [2.45, 2.75) is 46.1 Å². The van der Waals surface area contributed by atoms with Crippen molar-refractivity contribution in [2.75, 3.05) is 5.32 Å². The lowest BCUT2D eigenvalue weighted by molar-refractivity contribution is 0.102. The number of rotatable bonds is 5. The van der Waals surface area contributed by atoms with Gasteiger partial charge in [-0.2, -0.15) is 10.4 Å². The maximum atomic E-state index is 13.0. The van der Waals surface area contributed by atoms with Gasteiger partial charge in [-0.25, -0.2) is 9.67 Å². The molecule has 1 N–H and O–H groups in total. The first-order valence-corrected chi connectivity index (χ1v) is 9.06. The number of hydrogen-bond donors (Lipinski definition) is 1. The minimum Gasteiger partial charge on any atom is -0.322 e. The lowest BCUT2D eigenvalue weighted by atomic mass is 10.0. The van der Waals surface area contributed by atoms with Gasteiger partial charge >= 0.3 is 0 Å². The highest BCUT2D eigenvalue weighted by molar-refractivity contribution is 6.12. The SMILES string of the molecule is CC(C)c1cc(C(=O)Nc2ccc(CC#N)cc2)c2cnn(C(C)C)c2n1. The van der Waals surface area contributed by atoms with Crippen molar-refractivity contribution >= 4 is 22.6 Å². The second-order valence-corrected chi connectivity index (χ2v) is 7.16. The molecule has 0 spiro atoms. The Labute approximate surface area is 158 Å². The summed E-state index contributed by atoms with van der Waals surface area (Å²) >= 11 is 0. The number of nitrogens with zero attached hydrogens (tertiary/aromatic N) is 4. The fourth-order valence-corrected chi connectivity index (χ4v) is 2.89. The molecule has 0 aliphatic heterocycles. The van der Waals surface area contributed by atoms with E-state index in [0.29, 0.717) is 17.7 Å². The van der Waals surface area contributed by atoms with Crippen LogP contribution in [-0.2, 0) is 6.42 Å². The molecular weight excluding hydrogens is 338 g/mol. The van der Waals surface area contributed by atoms with Crippen molar-refractivity contribution < 1.29 is 4.79 Å². The van der Waals surface area contributed by atoms with Gasteiger partial charge in [0.15, 0.2) is 5.65 Å². The monoisotopic (exact) mass is 361 g/mol. The van der Waals surface area contributed by atoms with Crippen LogP contribution in [0.25, 0.3) is 11.0 Å². The van der Waals surface area contributed by atoms with Crippen LogP contribution in [0.15, 0.2) is 36.5 Å². The van der Waals surface area contributed by atoms with Gasteiger partial charge < -0.3 is 5.32 Å². The third kappa shape index (κ3) is 3.82. The lowest BCUT2D eigenvalue weighted by Crippen LogP contribution is -2.14. The van der Waals surface area contributed by atoms with Crippen molar-refractivity contribution in [3.8, 4) is 6.07 Å². The Morgan fingerprint density at radius 3 is 2.52 bits per heavy atom. The Kier molecular flexibility index (Phi) is 5.22. The molecule has 2 aromatic heterocycles. The summed E-state index contributed by atoms with van der Waals surface area (Å²) in [5.74, 6) is 0.00219. The number of aromatic nitrogens is 3. The summed E-state index contributed by atoms with van der Waals surface area (Å²) in [6.07, 6.45) is 2.06. The highest BCUT2D eigenvalue weighted by Crippen LogP contribution is 2.25. The van der Waals surface area contributed by atoms with Crippen molar-refractivity contribution in [1.29, 1.82) is 5.26 Å². The maximum Gasteiger partial charge on any atom is 0.256 e. The van der Waals surface area contributed by atoms with Gasteiger partial charge in [-0.3, -0.25) is 4.79 Å². The smallest absolute Gasteiger partial charge is 0.256 e. The average Bonchev–Trinajstić information content (AvgIpc) is 3.07. The molecule has 0 aliphatic carbocycles. The van der Waals surface area contributed by atoms with Gasteiger partial charge in [0, 0.05) is 17.4 Å². The van der Waals surface area contributed by atoms with E-state index in [1.807, 2.05) is 48.9 Å². The van der Waals surface area contributed by atoms with Crippen LogP contribution in [0, 0.1) is 11.3 Å². The van der Waals surface area contributed by atoms with Crippen molar-refractivity contribution in [3.63, 3.8) is 0 Å². The molecule has 0 unspecified atom stereocenters. The summed E-state index contributed by atoms with van der Waals surface area (Å²) in [7, 11) is 0. The number of benzene rings is 1. The van der Waals surface area contributed by atoms with Crippen LogP contribution in [0.1, 0.15) is 61.3 Å². The van der Waals surface area contributed by atoms with Gasteiger partial charge in [0.05, 0.1) is 29.6 Å². The predicted octanol–water partition coefficient (Wildman–Crippen LogP) is 4.45. The van der Waals surface area contributed by atoms with E-state index in [-0.39, 0.29) is 17.9 Å². The molecule has 0 atom stereocenters. The standard InChI is InChI=1S/C21H23N5O/c1-13(2)19-11-17(18-12-23-26(14(3)4)20(18)25-19)21(27)24-16-7-5-15(6-8-16)9-10-22/h5-8,11-14H,9H2,1-4H3,(H,24,27). The van der Waals surface area contributed by atoms with Crippen molar-refractivity contribution in [1.82, 2.24) is 14.8 Å². The number of carbonyl (C=O) groups excluding carboxylic acids is 1. The van der Waals surface area contributed by atoms with Crippen molar-refractivity contribution in [3.05, 3.63) is 53.3 Å². The molecule has 6 heteroatoms. The van der Waals surface area contributed by atoms with Gasteiger partial charge in [-0.05, 0) is 43.5 Å². The Morgan fingerprint density at radius 1 is 1.22 bits per heavy atom. The molecule has 0 fully saturated rings. The van der Waals surface area contributed by atoms with Gasteiger partial charge in [-0.15, -0.1) is 0 Å². The predicted molar refractivity (Wildman–Crippen MR) is 106 cm³/mol. The Bertz CT molecular complexity index is 1010. The third-order valence-electron chi connectivity index (χ3n) is 4.41. The molecule has 0 bridgehead atoms. The molecule has 1 aromatic carbocycles. The first-order valence-electron chi connectivity index (χ1n) is 9.06. The molecule has 138 valence electrons. The number of carbonyl (C=O) groups is 1. The molecule has 0 radical (unpaired) electrons. The second kappa shape index (κ2) is 7.58. The summed E-state index contributed by atoms with van der Waals surface area (Å²) in [4.78, 5) is 17.7. The number of pyridine rings is 1. The Hall–Kier alpha value is -3.20. The normalized spacial score (nSPS) is 11.1. The van der Waals surface area contributed by atoms with Crippen LogP contribution in [0.2, 0.25) is 0 Å². The molecule has 0 saturated carbocycles. The second-order valence-electron chi connectivity index (χ2n) is 7.16. The van der Waals surface area contributed by atoms with Crippen LogP contribution in [-0.4, -0.2) is 20.7 Å². The fraction of sp³-hybridized carbons (Fsp3) is 0.333. The zero-order valence-corrected chi connectivity index (χ0v) is 16.0. The lowest BCUT2D eigenvalue weighted by Gasteiger charge is -2.12. The topological polar surface area (TPSA) is 83.6 Å². The van der Waals surface area contributed by atoms with Gasteiger partial charge in [0.25, 0.3) is 5.91 Å². The molecule has 0 aliphatic rings. The highest BCUT2D eigenvalue weighted by Gasteiger charge is 2.19. The van der Waals surface area contributed by atoms with Crippen LogP contribution in [0.3, 0.4) is 0 Å². The van der Waals surface area contributed by atoms with E-state index in [9.17, 15) is 4.79 Å². The molecule has 27 heavy (non-hydrogen) atoms. The van der Waals surface area contributed by atoms with E-state index in [1.54, 1.807) is 6.20 Å². The van der Waals surface area contributed by atoms with Crippen LogP contribution in [0.4, 0.5) is 5.69 Å². The minimum atomic E-state index is -0.194. The third-order valence-corrected chi connectivity index (χ3v) is 4.41. The molecule has 3 rings (SSSR count). The summed E-state index contributed by atoms with van der Waals surface area (Å²) in [5.41, 5.74) is 3.76. The number of nitrogens with one attached hydrogen (secondary N) is 1. The van der Waals surface area contributed by atoms with Crippen LogP contribution < -0.4 is 5.32 Å². The number of hydrogen-bond acceptors (Lipinski definition) is 4. The highest BCUT2D eigenvalue weighted by atomic mass is 16.1. The van der Waals surface area contributed by atoms with E-state index in [0.717, 1.165) is 22.3 Å². The number of fused-ring (bicyclic) bond motifs is 1. The minimum absolute atomic E-state index is 0.154. The summed E-state index contributed by atoms with van der Waals surface area (Å²) in [6.45, 7) is 8.19. The molecule has 1 amide bonds. The first kappa shape index (κ1) is 18.6. The molecule has 3 aromatic rings. The number of amides is 1. The zero-order valence-electron chi connectivity index (χ0n) is 16.0. The Morgan fingerprint density at radius 2 is 1.93 bits per heavy atom. The van der Waals surface area contributed by atoms with E-state index >= 15 is 0 Å². The van der Waals surface area contributed by atoms with Gasteiger partial charge in [0.2, 0.25) is 0 Å². The Balaban J connectivity index is 1.99. The summed E-state index contributed by atoms with van der Waals surface area (Å²) in [6, 6.07) is 11.4. The molecule has 6 nitrogen and oxygen atoms in total. The zero-order chi connectivity index (χ0) is 19.6. The first-order chi connectivity index (χ1) is 12.9. The average molecular weight is 361 g/mol. The quantitative estimate of drug-likeness (QED) is 0.727. The number of anilines is 1. The van der Waals surface area contributed by atoms with E-state index in [4.69, 9.17) is 10.2 Å².